The van der Waals surface area contributed by atoms with Crippen LogP contribution < -0.4 is 0 Å². The maximum absolute atomic E-state index is 4.18. The van der Waals surface area contributed by atoms with Crippen LogP contribution in [0.2, 0.25) is 0 Å². The molecule has 162 valence electrons. The van der Waals surface area contributed by atoms with Gasteiger partial charge in [-0.25, -0.2) is 0 Å². The highest BCUT2D eigenvalue weighted by molar-refractivity contribution is 5.15. The molecule has 0 nitrogen and oxygen atoms in total. The summed E-state index contributed by atoms with van der Waals surface area (Å²) in [6.07, 6.45) is 27.5. The summed E-state index contributed by atoms with van der Waals surface area (Å²) in [4.78, 5) is 0. The first kappa shape index (κ1) is 27.0. The van der Waals surface area contributed by atoms with Gasteiger partial charge in [0.25, 0.3) is 0 Å². The molecule has 0 aliphatic heterocycles. The molecule has 0 N–H and O–H groups in total. The van der Waals surface area contributed by atoms with Crippen molar-refractivity contribution in [2.24, 2.45) is 0 Å². The highest BCUT2D eigenvalue weighted by Gasteiger charge is 2.08. The van der Waals surface area contributed by atoms with Gasteiger partial charge in [-0.1, -0.05) is 68.6 Å². The van der Waals surface area contributed by atoms with Gasteiger partial charge in [0.1, 0.15) is 0 Å². The van der Waals surface area contributed by atoms with Crippen molar-refractivity contribution in [1.82, 2.24) is 0 Å². The van der Waals surface area contributed by atoms with Gasteiger partial charge in [-0.2, -0.15) is 0 Å². The Kier molecular flexibility index (Phi) is 19.9. The van der Waals surface area contributed by atoms with E-state index in [1.54, 1.807) is 0 Å². The number of unbranched alkanes of at least 4 members (excludes halogenated alkanes) is 8. The van der Waals surface area contributed by atoms with Crippen molar-refractivity contribution in [3.05, 3.63) is 48.6 Å². The van der Waals surface area contributed by atoms with Gasteiger partial charge in [-0.15, -0.1) is 13.2 Å². The standard InChI is InChI=1S/C28H50/c1-6-10-13-15-16-18-24-27(22-12-8-3)28(23-17-14-11-7-2)25-20-19-21-26(5)9-4/h6-7H,1-2,5,8-25H2,3-4H3. The first-order chi connectivity index (χ1) is 13.7. The Morgan fingerprint density at radius 1 is 0.571 bits per heavy atom. The summed E-state index contributed by atoms with van der Waals surface area (Å²) in [6, 6.07) is 0. The fourth-order valence-electron chi connectivity index (χ4n) is 3.85. The van der Waals surface area contributed by atoms with Gasteiger partial charge in [0.05, 0.1) is 0 Å². The average molecular weight is 387 g/mol. The number of hydrogen-bond acceptors (Lipinski definition) is 0. The van der Waals surface area contributed by atoms with Crippen molar-refractivity contribution in [3.63, 3.8) is 0 Å². The van der Waals surface area contributed by atoms with E-state index in [0.29, 0.717) is 0 Å². The average Bonchev–Trinajstić information content (AvgIpc) is 2.71. The quantitative estimate of drug-likeness (QED) is 0.136. The monoisotopic (exact) mass is 386 g/mol. The van der Waals surface area contributed by atoms with Gasteiger partial charge < -0.3 is 0 Å². The summed E-state index contributed by atoms with van der Waals surface area (Å²) in [5.74, 6) is 0. The van der Waals surface area contributed by atoms with Gasteiger partial charge in [0, 0.05) is 0 Å². The number of hydrogen-bond donors (Lipinski definition) is 0. The van der Waals surface area contributed by atoms with E-state index in [1.807, 2.05) is 11.1 Å². The molecule has 0 atom stereocenters. The molecule has 0 rings (SSSR count). The van der Waals surface area contributed by atoms with Crippen molar-refractivity contribution >= 4 is 0 Å². The Balaban J connectivity index is 4.76. The van der Waals surface area contributed by atoms with Crippen LogP contribution in [-0.2, 0) is 0 Å². The SMILES string of the molecule is C=CCCCCCCC(CCCC)=C(CCCCC=C)CCCCC(=C)CC. The van der Waals surface area contributed by atoms with E-state index in [1.165, 1.54) is 108 Å². The molecule has 0 bridgehead atoms. The smallest absolute Gasteiger partial charge is 0.0318 e. The zero-order valence-electron chi connectivity index (χ0n) is 19.5. The van der Waals surface area contributed by atoms with Crippen LogP contribution in [0, 0.1) is 0 Å². The molecule has 0 unspecified atom stereocenters. The van der Waals surface area contributed by atoms with E-state index < -0.39 is 0 Å². The van der Waals surface area contributed by atoms with Crippen molar-refractivity contribution in [1.29, 1.82) is 0 Å². The minimum atomic E-state index is 1.14. The molecule has 0 heteroatoms. The van der Waals surface area contributed by atoms with Crippen LogP contribution in [0.3, 0.4) is 0 Å². The highest BCUT2D eigenvalue weighted by Crippen LogP contribution is 2.28. The van der Waals surface area contributed by atoms with Crippen LogP contribution in [0.1, 0.15) is 129 Å². The molecule has 0 aromatic carbocycles. The van der Waals surface area contributed by atoms with E-state index >= 15 is 0 Å². The van der Waals surface area contributed by atoms with Gasteiger partial charge >= 0.3 is 0 Å². The zero-order valence-corrected chi connectivity index (χ0v) is 19.5. The van der Waals surface area contributed by atoms with Crippen molar-refractivity contribution in [3.8, 4) is 0 Å². The molecule has 0 aromatic rings. The first-order valence-electron chi connectivity index (χ1n) is 12.3. The highest BCUT2D eigenvalue weighted by atomic mass is 14.1. The lowest BCUT2D eigenvalue weighted by Gasteiger charge is -2.17. The molecular formula is C28H50. The lowest BCUT2D eigenvalue weighted by molar-refractivity contribution is 0.608. The fourth-order valence-corrected chi connectivity index (χ4v) is 3.85. The first-order valence-corrected chi connectivity index (χ1v) is 12.3. The lowest BCUT2D eigenvalue weighted by atomic mass is 9.90. The third kappa shape index (κ3) is 16.0. The summed E-state index contributed by atoms with van der Waals surface area (Å²) in [5, 5.41) is 0. The van der Waals surface area contributed by atoms with Crippen LogP contribution in [0.5, 0.6) is 0 Å². The fraction of sp³-hybridized carbons (Fsp3) is 0.714. The molecule has 0 saturated heterocycles. The second-order valence-electron chi connectivity index (χ2n) is 8.40. The van der Waals surface area contributed by atoms with E-state index in [0.717, 1.165) is 12.8 Å². The zero-order chi connectivity index (χ0) is 20.9. The van der Waals surface area contributed by atoms with Crippen LogP contribution in [0.4, 0.5) is 0 Å². The van der Waals surface area contributed by atoms with Crippen molar-refractivity contribution in [2.75, 3.05) is 0 Å². The van der Waals surface area contributed by atoms with Crippen LogP contribution >= 0.6 is 0 Å². The second kappa shape index (κ2) is 20.7. The maximum Gasteiger partial charge on any atom is -0.0318 e. The molecule has 0 saturated carbocycles. The van der Waals surface area contributed by atoms with E-state index in [2.05, 4.69) is 45.7 Å². The summed E-state index contributed by atoms with van der Waals surface area (Å²) >= 11 is 0. The Hall–Kier alpha value is -1.04. The molecule has 0 aromatic heterocycles. The van der Waals surface area contributed by atoms with E-state index in [9.17, 15) is 0 Å². The van der Waals surface area contributed by atoms with Crippen LogP contribution in [-0.4, -0.2) is 0 Å². The molecule has 0 amide bonds. The van der Waals surface area contributed by atoms with Crippen LogP contribution in [0.25, 0.3) is 0 Å². The third-order valence-electron chi connectivity index (χ3n) is 5.86. The van der Waals surface area contributed by atoms with Crippen LogP contribution in [0.15, 0.2) is 48.6 Å². The van der Waals surface area contributed by atoms with E-state index in [-0.39, 0.29) is 0 Å². The predicted octanol–water partition coefficient (Wildman–Crippen LogP) is 10.3. The Labute approximate surface area is 178 Å². The molecule has 28 heavy (non-hydrogen) atoms. The number of rotatable bonds is 21. The second-order valence-corrected chi connectivity index (χ2v) is 8.40. The summed E-state index contributed by atoms with van der Waals surface area (Å²) in [5.41, 5.74) is 5.05. The predicted molar refractivity (Wildman–Crippen MR) is 131 cm³/mol. The molecule has 0 aliphatic rings. The normalized spacial score (nSPS) is 11.9. The maximum atomic E-state index is 4.18. The molecule has 0 radical (unpaired) electrons. The molecule has 0 fully saturated rings. The van der Waals surface area contributed by atoms with Gasteiger partial charge in [-0.3, -0.25) is 0 Å². The summed E-state index contributed by atoms with van der Waals surface area (Å²) in [6.45, 7) is 16.5. The van der Waals surface area contributed by atoms with Crippen molar-refractivity contribution < 1.29 is 0 Å². The summed E-state index contributed by atoms with van der Waals surface area (Å²) in [7, 11) is 0. The Morgan fingerprint density at radius 2 is 1.00 bits per heavy atom. The molecule has 0 aliphatic carbocycles. The minimum Gasteiger partial charge on any atom is -0.103 e. The Bertz CT molecular complexity index is 423. The Morgan fingerprint density at radius 3 is 1.54 bits per heavy atom. The topological polar surface area (TPSA) is 0 Å². The van der Waals surface area contributed by atoms with E-state index in [4.69, 9.17) is 0 Å². The van der Waals surface area contributed by atoms with Crippen molar-refractivity contribution in [2.45, 2.75) is 129 Å². The molecule has 0 spiro atoms. The lowest BCUT2D eigenvalue weighted by Crippen LogP contribution is -1.97. The minimum absolute atomic E-state index is 1.14. The molecule has 0 heterocycles. The number of allylic oxidation sites excluding steroid dienone is 5. The largest absolute Gasteiger partial charge is 0.103 e. The third-order valence-corrected chi connectivity index (χ3v) is 5.86. The van der Waals surface area contributed by atoms with Gasteiger partial charge in [-0.05, 0) is 96.3 Å². The van der Waals surface area contributed by atoms with Gasteiger partial charge in [0.2, 0.25) is 0 Å². The molecular weight excluding hydrogens is 336 g/mol. The summed E-state index contributed by atoms with van der Waals surface area (Å²) < 4.78 is 0. The van der Waals surface area contributed by atoms with Gasteiger partial charge in [0.15, 0.2) is 0 Å².